The van der Waals surface area contributed by atoms with E-state index in [9.17, 15) is 9.59 Å². The first-order chi connectivity index (χ1) is 12.2. The van der Waals surface area contributed by atoms with Gasteiger partial charge in [0.2, 0.25) is 5.91 Å². The lowest BCUT2D eigenvalue weighted by Gasteiger charge is -2.36. The number of hydrogen-bond acceptors (Lipinski definition) is 3. The number of amides is 3. The molecule has 25 heavy (non-hydrogen) atoms. The first kappa shape index (κ1) is 17.1. The Morgan fingerprint density at radius 2 is 1.64 bits per heavy atom. The van der Waals surface area contributed by atoms with Gasteiger partial charge in [-0.3, -0.25) is 4.79 Å². The fourth-order valence-corrected chi connectivity index (χ4v) is 4.98. The number of carbonyl (C=O) groups excluding carboxylic acids is 2. The van der Waals surface area contributed by atoms with E-state index in [2.05, 4.69) is 5.32 Å². The van der Waals surface area contributed by atoms with Crippen LogP contribution in [-0.2, 0) is 9.53 Å². The highest BCUT2D eigenvalue weighted by molar-refractivity contribution is 5.78. The largest absolute Gasteiger partial charge is 0.375 e. The molecule has 3 saturated heterocycles. The molecule has 0 radical (unpaired) electrons. The lowest BCUT2D eigenvalue weighted by atomic mass is 9.86. The molecule has 0 aromatic heterocycles. The summed E-state index contributed by atoms with van der Waals surface area (Å²) in [5, 5.41) is 3.18. The highest BCUT2D eigenvalue weighted by Gasteiger charge is 2.42. The number of carbonyl (C=O) groups is 2. The predicted octanol–water partition coefficient (Wildman–Crippen LogP) is 2.13. The van der Waals surface area contributed by atoms with E-state index in [0.717, 1.165) is 25.7 Å². The van der Waals surface area contributed by atoms with Crippen LogP contribution in [-0.4, -0.2) is 66.2 Å². The van der Waals surface area contributed by atoms with Crippen LogP contribution < -0.4 is 5.32 Å². The molecule has 1 aliphatic carbocycles. The predicted molar refractivity (Wildman–Crippen MR) is 94.2 cm³/mol. The lowest BCUT2D eigenvalue weighted by molar-refractivity contribution is -0.134. The maximum atomic E-state index is 12.6. The molecule has 4 aliphatic rings. The average Bonchev–Trinajstić information content (AvgIpc) is 3.25. The monoisotopic (exact) mass is 349 g/mol. The van der Waals surface area contributed by atoms with Crippen molar-refractivity contribution in [2.24, 2.45) is 5.92 Å². The topological polar surface area (TPSA) is 61.9 Å². The number of fused-ring (bicyclic) bond motifs is 2. The number of rotatable bonds is 3. The maximum absolute atomic E-state index is 12.6. The third kappa shape index (κ3) is 3.94. The fourth-order valence-electron chi connectivity index (χ4n) is 4.98. The molecular weight excluding hydrogens is 318 g/mol. The Labute approximate surface area is 150 Å². The van der Waals surface area contributed by atoms with Crippen molar-refractivity contribution in [2.45, 2.75) is 76.0 Å². The van der Waals surface area contributed by atoms with Crippen LogP contribution >= 0.6 is 0 Å². The van der Waals surface area contributed by atoms with E-state index in [1.54, 1.807) is 0 Å². The molecule has 6 heteroatoms. The van der Waals surface area contributed by atoms with Crippen molar-refractivity contribution in [3.8, 4) is 0 Å². The van der Waals surface area contributed by atoms with Crippen LogP contribution in [0.25, 0.3) is 0 Å². The van der Waals surface area contributed by atoms with Gasteiger partial charge in [-0.25, -0.2) is 4.79 Å². The Morgan fingerprint density at radius 3 is 2.28 bits per heavy atom. The van der Waals surface area contributed by atoms with E-state index < -0.39 is 0 Å². The number of urea groups is 1. The van der Waals surface area contributed by atoms with E-state index in [4.69, 9.17) is 4.74 Å². The van der Waals surface area contributed by atoms with Gasteiger partial charge in [-0.05, 0) is 38.0 Å². The quantitative estimate of drug-likeness (QED) is 0.849. The van der Waals surface area contributed by atoms with E-state index in [-0.39, 0.29) is 11.9 Å². The molecule has 0 spiro atoms. The van der Waals surface area contributed by atoms with E-state index in [0.29, 0.717) is 56.8 Å². The molecule has 0 aromatic carbocycles. The summed E-state index contributed by atoms with van der Waals surface area (Å²) in [5.41, 5.74) is 0. The second kappa shape index (κ2) is 7.52. The molecular formula is C19H31N3O3. The van der Waals surface area contributed by atoms with Crippen LogP contribution in [0.3, 0.4) is 0 Å². The summed E-state index contributed by atoms with van der Waals surface area (Å²) < 4.78 is 5.86. The Bertz CT molecular complexity index is 498. The lowest BCUT2D eigenvalue weighted by Crippen LogP contribution is -2.55. The van der Waals surface area contributed by atoms with Crippen LogP contribution in [0.2, 0.25) is 0 Å². The van der Waals surface area contributed by atoms with Crippen LogP contribution in [0.15, 0.2) is 0 Å². The number of piperazine rings is 1. The smallest absolute Gasteiger partial charge is 0.317 e. The van der Waals surface area contributed by atoms with E-state index in [1.165, 1.54) is 25.7 Å². The minimum absolute atomic E-state index is 0.0560. The molecule has 4 fully saturated rings. The Hall–Kier alpha value is -1.30. The Balaban J connectivity index is 1.19. The van der Waals surface area contributed by atoms with Crippen molar-refractivity contribution < 1.29 is 14.3 Å². The molecule has 3 atom stereocenters. The second-order valence-corrected chi connectivity index (χ2v) is 8.23. The van der Waals surface area contributed by atoms with Crippen molar-refractivity contribution >= 4 is 11.9 Å². The minimum Gasteiger partial charge on any atom is -0.375 e. The fraction of sp³-hybridized carbons (Fsp3) is 0.895. The van der Waals surface area contributed by atoms with Gasteiger partial charge in [0.05, 0.1) is 12.2 Å². The van der Waals surface area contributed by atoms with Gasteiger partial charge in [0, 0.05) is 38.6 Å². The maximum Gasteiger partial charge on any atom is 0.317 e. The summed E-state index contributed by atoms with van der Waals surface area (Å²) in [5.74, 6) is 0.660. The van der Waals surface area contributed by atoms with Crippen LogP contribution in [0.4, 0.5) is 4.79 Å². The van der Waals surface area contributed by atoms with Gasteiger partial charge in [0.15, 0.2) is 0 Å². The molecule has 140 valence electrons. The van der Waals surface area contributed by atoms with Gasteiger partial charge in [-0.15, -0.1) is 0 Å². The van der Waals surface area contributed by atoms with E-state index >= 15 is 0 Å². The van der Waals surface area contributed by atoms with Crippen LogP contribution in [0.1, 0.15) is 57.8 Å². The van der Waals surface area contributed by atoms with Gasteiger partial charge < -0.3 is 19.9 Å². The molecule has 3 aliphatic heterocycles. The summed E-state index contributed by atoms with van der Waals surface area (Å²) in [6, 6.07) is 0.402. The Kier molecular flexibility index (Phi) is 5.15. The summed E-state index contributed by atoms with van der Waals surface area (Å²) in [4.78, 5) is 28.8. The molecule has 0 aromatic rings. The summed E-state index contributed by atoms with van der Waals surface area (Å²) in [7, 11) is 0. The normalized spacial score (nSPS) is 32.9. The molecule has 6 nitrogen and oxygen atoms in total. The van der Waals surface area contributed by atoms with Crippen molar-refractivity contribution in [1.29, 1.82) is 0 Å². The standard InChI is InChI=1S/C19H31N3O3/c23-18(13-14-12-16-6-7-17(14)25-16)21-8-10-22(11-9-21)19(24)20-15-4-2-1-3-5-15/h14-17H,1-13H2,(H,20,24). The average molecular weight is 349 g/mol. The third-order valence-corrected chi connectivity index (χ3v) is 6.52. The summed E-state index contributed by atoms with van der Waals surface area (Å²) >= 11 is 0. The molecule has 2 bridgehead atoms. The van der Waals surface area contributed by atoms with Crippen molar-refractivity contribution in [2.75, 3.05) is 26.2 Å². The highest BCUT2D eigenvalue weighted by atomic mass is 16.5. The zero-order valence-electron chi connectivity index (χ0n) is 15.1. The van der Waals surface area contributed by atoms with Crippen molar-refractivity contribution in [3.63, 3.8) is 0 Å². The number of ether oxygens (including phenoxy) is 1. The molecule has 1 N–H and O–H groups in total. The van der Waals surface area contributed by atoms with Crippen LogP contribution in [0, 0.1) is 5.92 Å². The SMILES string of the molecule is O=C(CC1CC2CCC1O2)N1CCN(C(=O)NC2CCCCC2)CC1. The summed E-state index contributed by atoms with van der Waals surface area (Å²) in [6.45, 7) is 2.63. The number of hydrogen-bond donors (Lipinski definition) is 1. The summed E-state index contributed by atoms with van der Waals surface area (Å²) in [6.07, 6.45) is 10.6. The molecule has 3 unspecified atom stereocenters. The molecule has 4 rings (SSSR count). The highest BCUT2D eigenvalue weighted by Crippen LogP contribution is 2.40. The van der Waals surface area contributed by atoms with Crippen molar-refractivity contribution in [1.82, 2.24) is 15.1 Å². The van der Waals surface area contributed by atoms with E-state index in [1.807, 2.05) is 9.80 Å². The van der Waals surface area contributed by atoms with Gasteiger partial charge in [-0.2, -0.15) is 0 Å². The second-order valence-electron chi connectivity index (χ2n) is 8.23. The Morgan fingerprint density at radius 1 is 0.920 bits per heavy atom. The number of nitrogens with one attached hydrogen (secondary N) is 1. The third-order valence-electron chi connectivity index (χ3n) is 6.52. The molecule has 1 saturated carbocycles. The molecule has 3 amide bonds. The zero-order chi connectivity index (χ0) is 17.2. The first-order valence-corrected chi connectivity index (χ1v) is 10.2. The number of nitrogens with zero attached hydrogens (tertiary/aromatic N) is 2. The van der Waals surface area contributed by atoms with Gasteiger partial charge in [-0.1, -0.05) is 19.3 Å². The molecule has 3 heterocycles. The van der Waals surface area contributed by atoms with Gasteiger partial charge in [0.1, 0.15) is 0 Å². The van der Waals surface area contributed by atoms with Gasteiger partial charge >= 0.3 is 6.03 Å². The zero-order valence-corrected chi connectivity index (χ0v) is 15.1. The van der Waals surface area contributed by atoms with Gasteiger partial charge in [0.25, 0.3) is 0 Å². The van der Waals surface area contributed by atoms with Crippen LogP contribution in [0.5, 0.6) is 0 Å². The van der Waals surface area contributed by atoms with Crippen molar-refractivity contribution in [3.05, 3.63) is 0 Å². The first-order valence-electron chi connectivity index (χ1n) is 10.2. The minimum atomic E-state index is 0.0560.